The SMILES string of the molecule is CC(C)(C)OC(=O)NCCO.Cc1nc2c(-c3cnn(-c4cc(Br)ccn4)c3)c[nH]n2c(=O)c1C(C)C.Cc1nc2c(-c3cnn(-c4cc(OCCNC(=O)OC(C)(C)C)ccn4)c3)c[nH]n2c(=O)c1C(C)C. The fourth-order valence-electron chi connectivity index (χ4n) is 7.44. The van der Waals surface area contributed by atoms with Crippen molar-refractivity contribution in [3.8, 4) is 39.6 Å². The number of H-pyrrole nitrogens is 2. The molecular weight excluding hydrogens is 1000 g/mol. The summed E-state index contributed by atoms with van der Waals surface area (Å²) in [6, 6.07) is 7.22. The highest BCUT2D eigenvalue weighted by molar-refractivity contribution is 9.10. The molecule has 73 heavy (non-hydrogen) atoms. The molecule has 8 rings (SSSR count). The lowest BCUT2D eigenvalue weighted by atomic mass is 10.0. The lowest BCUT2D eigenvalue weighted by molar-refractivity contribution is 0.0508. The van der Waals surface area contributed by atoms with Crippen molar-refractivity contribution in [2.45, 2.75) is 106 Å². The standard InChI is InChI=1S/C25H31N7O4.C18H17BrN6O.C7H15NO3/c1-15(2)21-16(3)30-22-19(13-29-32(22)23(21)33)17-12-28-31(14-17)20-11-18(7-8-26-20)35-10-9-27-24(34)36-25(4,5)6;1-10(2)16-11(3)23-17-14(8-22-25(17)18(16)26)12-7-21-24(9-12)15-6-13(19)4-5-20-15;1-7(2,3)11-6(10)8-4-5-9/h7-8,11-15,29H,9-10H2,1-6H3,(H,27,34);4-10,22H,1-3H3;9H,4-5H2,1-3H3,(H,8,10). The summed E-state index contributed by atoms with van der Waals surface area (Å²) < 4.78 is 23.0. The van der Waals surface area contributed by atoms with E-state index >= 15 is 0 Å². The van der Waals surface area contributed by atoms with Gasteiger partial charge in [-0.2, -0.15) is 10.2 Å². The molecule has 8 aromatic heterocycles. The normalized spacial score (nSPS) is 11.6. The molecule has 0 saturated carbocycles. The molecule has 22 nitrogen and oxygen atoms in total. The van der Waals surface area contributed by atoms with Gasteiger partial charge in [-0.3, -0.25) is 19.8 Å². The van der Waals surface area contributed by atoms with Crippen molar-refractivity contribution in [2.75, 3.05) is 26.3 Å². The molecule has 388 valence electrons. The minimum atomic E-state index is -0.553. The van der Waals surface area contributed by atoms with Gasteiger partial charge in [0.15, 0.2) is 22.9 Å². The summed E-state index contributed by atoms with van der Waals surface area (Å²) in [5, 5.41) is 28.2. The number of fused-ring (bicyclic) bond motifs is 2. The Bertz CT molecular complexity index is 3310. The molecule has 0 aliphatic rings. The summed E-state index contributed by atoms with van der Waals surface area (Å²) in [5.74, 6) is 2.03. The predicted octanol–water partition coefficient (Wildman–Crippen LogP) is 7.57. The molecular formula is C50H63BrN14O8. The van der Waals surface area contributed by atoms with Crippen molar-refractivity contribution < 1.29 is 28.9 Å². The molecule has 8 aromatic rings. The lowest BCUT2D eigenvalue weighted by Crippen LogP contribution is -2.34. The van der Waals surface area contributed by atoms with Crippen molar-refractivity contribution in [2.24, 2.45) is 0 Å². The maximum absolute atomic E-state index is 12.9. The van der Waals surface area contributed by atoms with Crippen LogP contribution >= 0.6 is 15.9 Å². The van der Waals surface area contributed by atoms with E-state index in [1.807, 2.05) is 66.1 Å². The Morgan fingerprint density at radius 1 is 0.712 bits per heavy atom. The number of alkyl carbamates (subject to hydrolysis) is 2. The van der Waals surface area contributed by atoms with Gasteiger partial charge < -0.3 is 30.0 Å². The zero-order valence-electron chi connectivity index (χ0n) is 43.1. The number of aromatic nitrogens is 12. The number of carbonyl (C=O) groups is 2. The van der Waals surface area contributed by atoms with E-state index < -0.39 is 23.4 Å². The second kappa shape index (κ2) is 23.3. The number of halogens is 1. The van der Waals surface area contributed by atoms with E-state index in [-0.39, 0.29) is 42.7 Å². The smallest absolute Gasteiger partial charge is 0.407 e. The summed E-state index contributed by atoms with van der Waals surface area (Å²) in [4.78, 5) is 66.2. The highest BCUT2D eigenvalue weighted by atomic mass is 79.9. The van der Waals surface area contributed by atoms with Crippen molar-refractivity contribution in [1.29, 1.82) is 0 Å². The van der Waals surface area contributed by atoms with E-state index in [9.17, 15) is 19.2 Å². The van der Waals surface area contributed by atoms with Crippen LogP contribution in [0.15, 0.2) is 87.9 Å². The first kappa shape index (κ1) is 54.7. The minimum Gasteiger partial charge on any atom is -0.492 e. The number of ether oxygens (including phenoxy) is 3. The Morgan fingerprint density at radius 3 is 1.60 bits per heavy atom. The number of hydrogen-bond donors (Lipinski definition) is 5. The van der Waals surface area contributed by atoms with Gasteiger partial charge >= 0.3 is 12.2 Å². The summed E-state index contributed by atoms with van der Waals surface area (Å²) in [5.41, 5.74) is 6.07. The van der Waals surface area contributed by atoms with Crippen LogP contribution in [0.3, 0.4) is 0 Å². The van der Waals surface area contributed by atoms with Gasteiger partial charge in [-0.25, -0.2) is 47.9 Å². The number of aryl methyl sites for hydroxylation is 2. The topological polar surface area (TPSA) is 268 Å². The number of amides is 2. The van der Waals surface area contributed by atoms with Crippen LogP contribution in [0.5, 0.6) is 5.75 Å². The Balaban J connectivity index is 0.000000204. The molecule has 0 radical (unpaired) electrons. The predicted molar refractivity (Wildman–Crippen MR) is 279 cm³/mol. The van der Waals surface area contributed by atoms with Crippen LogP contribution in [0, 0.1) is 13.8 Å². The molecule has 0 unspecified atom stereocenters. The van der Waals surface area contributed by atoms with E-state index in [0.29, 0.717) is 40.8 Å². The van der Waals surface area contributed by atoms with Crippen LogP contribution in [0.1, 0.15) is 104 Å². The monoisotopic (exact) mass is 1070 g/mol. The van der Waals surface area contributed by atoms with Crippen LogP contribution < -0.4 is 26.5 Å². The number of carbonyl (C=O) groups excluding carboxylic acids is 2. The summed E-state index contributed by atoms with van der Waals surface area (Å²) in [6.45, 7) is 23.2. The number of nitrogens with one attached hydrogen (secondary N) is 4. The fourth-order valence-corrected chi connectivity index (χ4v) is 7.76. The molecule has 5 N–H and O–H groups in total. The summed E-state index contributed by atoms with van der Waals surface area (Å²) >= 11 is 3.44. The van der Waals surface area contributed by atoms with Gasteiger partial charge in [-0.15, -0.1) is 0 Å². The second-order valence-electron chi connectivity index (χ2n) is 19.3. The Morgan fingerprint density at radius 2 is 1.16 bits per heavy atom. The molecule has 8 heterocycles. The van der Waals surface area contributed by atoms with E-state index in [0.717, 1.165) is 43.7 Å². The molecule has 0 aromatic carbocycles. The Hall–Kier alpha value is -7.66. The van der Waals surface area contributed by atoms with Crippen molar-refractivity contribution in [3.05, 3.63) is 122 Å². The zero-order chi connectivity index (χ0) is 53.4. The number of hydrogen-bond acceptors (Lipinski definition) is 14. The highest BCUT2D eigenvalue weighted by Gasteiger charge is 2.21. The largest absolute Gasteiger partial charge is 0.492 e. The molecule has 0 fully saturated rings. The quantitative estimate of drug-likeness (QED) is 0.0739. The molecule has 2 amide bonds. The zero-order valence-corrected chi connectivity index (χ0v) is 44.7. The molecule has 23 heteroatoms. The lowest BCUT2D eigenvalue weighted by Gasteiger charge is -2.19. The molecule has 0 spiro atoms. The number of aliphatic hydroxyl groups is 1. The maximum Gasteiger partial charge on any atom is 0.407 e. The fraction of sp³-hybridized carbons (Fsp3) is 0.400. The van der Waals surface area contributed by atoms with E-state index in [1.54, 1.807) is 100 Å². The van der Waals surface area contributed by atoms with Gasteiger partial charge in [0.05, 0.1) is 25.5 Å². The highest BCUT2D eigenvalue weighted by Crippen LogP contribution is 2.27. The number of aliphatic hydroxyl groups excluding tert-OH is 1. The van der Waals surface area contributed by atoms with Crippen LogP contribution in [0.4, 0.5) is 9.59 Å². The van der Waals surface area contributed by atoms with E-state index in [2.05, 4.69) is 66.9 Å². The third kappa shape index (κ3) is 14.1. The first-order valence-electron chi connectivity index (χ1n) is 23.5. The second-order valence-corrected chi connectivity index (χ2v) is 20.2. The molecule has 0 bridgehead atoms. The van der Waals surface area contributed by atoms with E-state index in [1.165, 1.54) is 9.03 Å². The number of rotatable bonds is 12. The van der Waals surface area contributed by atoms with Crippen LogP contribution in [-0.2, 0) is 9.47 Å². The molecule has 0 aliphatic heterocycles. The van der Waals surface area contributed by atoms with Gasteiger partial charge in [0.1, 0.15) is 23.6 Å². The average Bonchev–Trinajstić information content (AvgIpc) is 4.13. The van der Waals surface area contributed by atoms with Gasteiger partial charge in [0.2, 0.25) is 0 Å². The van der Waals surface area contributed by atoms with Gasteiger partial charge in [0, 0.05) is 99.0 Å². The van der Waals surface area contributed by atoms with Gasteiger partial charge in [0.25, 0.3) is 11.1 Å². The van der Waals surface area contributed by atoms with Crippen molar-refractivity contribution in [1.82, 2.24) is 69.4 Å². The number of nitrogens with zero attached hydrogens (tertiary/aromatic N) is 10. The Kier molecular flexibility index (Phi) is 17.4. The van der Waals surface area contributed by atoms with Crippen LogP contribution in [-0.4, -0.2) is 114 Å². The molecule has 0 saturated heterocycles. The van der Waals surface area contributed by atoms with Crippen LogP contribution in [0.2, 0.25) is 0 Å². The minimum absolute atomic E-state index is 0.0604. The van der Waals surface area contributed by atoms with Crippen molar-refractivity contribution in [3.63, 3.8) is 0 Å². The summed E-state index contributed by atoms with van der Waals surface area (Å²) in [6.07, 6.45) is 13.0. The number of pyridine rings is 2. The number of aromatic amines is 2. The Labute approximate surface area is 429 Å². The van der Waals surface area contributed by atoms with Gasteiger partial charge in [-0.1, -0.05) is 43.6 Å². The van der Waals surface area contributed by atoms with Crippen molar-refractivity contribution >= 4 is 39.4 Å². The van der Waals surface area contributed by atoms with Gasteiger partial charge in [-0.05, 0) is 85.4 Å². The third-order valence-corrected chi connectivity index (χ3v) is 10.9. The molecule has 0 atom stereocenters. The van der Waals surface area contributed by atoms with Crippen LogP contribution in [0.25, 0.3) is 45.2 Å². The summed E-state index contributed by atoms with van der Waals surface area (Å²) in [7, 11) is 0. The van der Waals surface area contributed by atoms with E-state index in [4.69, 9.17) is 19.3 Å². The third-order valence-electron chi connectivity index (χ3n) is 10.4. The first-order valence-corrected chi connectivity index (χ1v) is 24.3. The molecule has 0 aliphatic carbocycles. The maximum atomic E-state index is 12.9. The average molecular weight is 1070 g/mol. The first-order chi connectivity index (χ1) is 34.4.